The fraction of sp³-hybridized carbons (Fsp3) is 0.667. The first kappa shape index (κ1) is 12.1. The van der Waals surface area contributed by atoms with Crippen molar-refractivity contribution in [2.75, 3.05) is 13.1 Å². The molecule has 2 heterocycles. The van der Waals surface area contributed by atoms with Gasteiger partial charge in [0.1, 0.15) is 0 Å². The standard InChI is InChI=1S/C12H19N3O2/c1-2-15-8-10(6-13-15)7-14-5-3-4-11(9-14)12(16)17/h6,8,11H,2-5,7,9H2,1H3,(H,16,17)/t11-/m0/s1. The third kappa shape index (κ3) is 3.06. The molecule has 0 bridgehead atoms. The van der Waals surface area contributed by atoms with Gasteiger partial charge in [0.25, 0.3) is 0 Å². The Morgan fingerprint density at radius 3 is 3.12 bits per heavy atom. The van der Waals surface area contributed by atoms with Gasteiger partial charge in [-0.3, -0.25) is 14.4 Å². The number of carboxylic acids is 1. The Balaban J connectivity index is 1.92. The van der Waals surface area contributed by atoms with E-state index < -0.39 is 5.97 Å². The zero-order valence-electron chi connectivity index (χ0n) is 10.2. The number of rotatable bonds is 4. The average Bonchev–Trinajstić information content (AvgIpc) is 2.77. The summed E-state index contributed by atoms with van der Waals surface area (Å²) in [6.45, 7) is 5.38. The molecule has 1 N–H and O–H groups in total. The van der Waals surface area contributed by atoms with E-state index in [1.54, 1.807) is 0 Å². The van der Waals surface area contributed by atoms with Gasteiger partial charge >= 0.3 is 5.97 Å². The van der Waals surface area contributed by atoms with Crippen molar-refractivity contribution in [3.63, 3.8) is 0 Å². The number of carbonyl (C=O) groups is 1. The third-order valence-corrected chi connectivity index (χ3v) is 3.27. The average molecular weight is 237 g/mol. The first-order chi connectivity index (χ1) is 8.19. The molecule has 1 aromatic heterocycles. The van der Waals surface area contributed by atoms with E-state index in [0.29, 0.717) is 6.54 Å². The van der Waals surface area contributed by atoms with E-state index in [1.165, 1.54) is 0 Å². The molecule has 1 aromatic rings. The zero-order chi connectivity index (χ0) is 12.3. The number of aryl methyl sites for hydroxylation is 1. The van der Waals surface area contributed by atoms with Crippen molar-refractivity contribution in [1.29, 1.82) is 0 Å². The van der Waals surface area contributed by atoms with Crippen LogP contribution in [-0.2, 0) is 17.9 Å². The minimum atomic E-state index is -0.668. The molecule has 5 nitrogen and oxygen atoms in total. The second-order valence-corrected chi connectivity index (χ2v) is 4.62. The van der Waals surface area contributed by atoms with E-state index in [9.17, 15) is 4.79 Å². The Morgan fingerprint density at radius 2 is 2.47 bits per heavy atom. The van der Waals surface area contributed by atoms with Crippen LogP contribution in [0.5, 0.6) is 0 Å². The van der Waals surface area contributed by atoms with Crippen LogP contribution in [-0.4, -0.2) is 38.8 Å². The van der Waals surface area contributed by atoms with Crippen LogP contribution in [0.25, 0.3) is 0 Å². The molecule has 0 aliphatic carbocycles. The predicted molar refractivity (Wildman–Crippen MR) is 63.5 cm³/mol. The smallest absolute Gasteiger partial charge is 0.307 e. The number of aromatic nitrogens is 2. The molecule has 0 unspecified atom stereocenters. The van der Waals surface area contributed by atoms with Gasteiger partial charge < -0.3 is 5.11 Å². The van der Waals surface area contributed by atoms with Crippen molar-refractivity contribution in [2.45, 2.75) is 32.9 Å². The van der Waals surface area contributed by atoms with Crippen LogP contribution >= 0.6 is 0 Å². The monoisotopic (exact) mass is 237 g/mol. The summed E-state index contributed by atoms with van der Waals surface area (Å²) in [6.07, 6.45) is 5.68. The highest BCUT2D eigenvalue weighted by Crippen LogP contribution is 2.18. The number of piperidine rings is 1. The molecule has 0 amide bonds. The third-order valence-electron chi connectivity index (χ3n) is 3.27. The quantitative estimate of drug-likeness (QED) is 0.855. The second kappa shape index (κ2) is 5.31. The van der Waals surface area contributed by atoms with Gasteiger partial charge in [-0.15, -0.1) is 0 Å². The van der Waals surface area contributed by atoms with Gasteiger partial charge in [-0.05, 0) is 26.3 Å². The van der Waals surface area contributed by atoms with Gasteiger partial charge in [0.15, 0.2) is 0 Å². The van der Waals surface area contributed by atoms with E-state index in [2.05, 4.69) is 16.9 Å². The molecule has 94 valence electrons. The summed E-state index contributed by atoms with van der Waals surface area (Å²) < 4.78 is 1.90. The van der Waals surface area contributed by atoms with E-state index >= 15 is 0 Å². The fourth-order valence-corrected chi connectivity index (χ4v) is 2.32. The molecule has 0 saturated carbocycles. The van der Waals surface area contributed by atoms with Gasteiger partial charge in [0.05, 0.1) is 12.1 Å². The molecule has 1 aliphatic rings. The fourth-order valence-electron chi connectivity index (χ4n) is 2.32. The first-order valence-electron chi connectivity index (χ1n) is 6.15. The summed E-state index contributed by atoms with van der Waals surface area (Å²) in [6, 6.07) is 0. The molecule has 1 atom stereocenters. The molecular weight excluding hydrogens is 218 g/mol. The maximum Gasteiger partial charge on any atom is 0.307 e. The highest BCUT2D eigenvalue weighted by molar-refractivity contribution is 5.70. The summed E-state index contributed by atoms with van der Waals surface area (Å²) in [5, 5.41) is 13.2. The summed E-state index contributed by atoms with van der Waals surface area (Å²) in [5.74, 6) is -0.871. The highest BCUT2D eigenvalue weighted by Gasteiger charge is 2.25. The Morgan fingerprint density at radius 1 is 1.65 bits per heavy atom. The van der Waals surface area contributed by atoms with Crippen molar-refractivity contribution < 1.29 is 9.90 Å². The first-order valence-corrected chi connectivity index (χ1v) is 6.15. The minimum absolute atomic E-state index is 0.204. The van der Waals surface area contributed by atoms with Crippen molar-refractivity contribution in [2.24, 2.45) is 5.92 Å². The molecule has 0 aromatic carbocycles. The molecule has 5 heteroatoms. The normalized spacial score (nSPS) is 21.6. The SMILES string of the molecule is CCn1cc(CN2CCC[C@H](C(=O)O)C2)cn1. The number of nitrogens with zero attached hydrogens (tertiary/aromatic N) is 3. The summed E-state index contributed by atoms with van der Waals surface area (Å²) in [7, 11) is 0. The summed E-state index contributed by atoms with van der Waals surface area (Å²) in [4.78, 5) is 13.2. The van der Waals surface area contributed by atoms with Crippen molar-refractivity contribution >= 4 is 5.97 Å². The Labute approximate surface area is 101 Å². The topological polar surface area (TPSA) is 58.4 Å². The van der Waals surface area contributed by atoms with Gasteiger partial charge in [-0.1, -0.05) is 0 Å². The van der Waals surface area contributed by atoms with Gasteiger partial charge in [0, 0.05) is 31.4 Å². The number of likely N-dealkylation sites (tertiary alicyclic amines) is 1. The highest BCUT2D eigenvalue weighted by atomic mass is 16.4. The van der Waals surface area contributed by atoms with E-state index in [4.69, 9.17) is 5.11 Å². The number of hydrogen-bond acceptors (Lipinski definition) is 3. The lowest BCUT2D eigenvalue weighted by Crippen LogP contribution is -2.38. The summed E-state index contributed by atoms with van der Waals surface area (Å²) in [5.41, 5.74) is 1.16. The zero-order valence-corrected chi connectivity index (χ0v) is 10.2. The maximum atomic E-state index is 11.0. The minimum Gasteiger partial charge on any atom is -0.481 e. The molecule has 2 rings (SSSR count). The van der Waals surface area contributed by atoms with Crippen molar-refractivity contribution in [1.82, 2.24) is 14.7 Å². The lowest BCUT2D eigenvalue weighted by atomic mass is 9.98. The van der Waals surface area contributed by atoms with E-state index in [0.717, 1.165) is 38.0 Å². The molecule has 17 heavy (non-hydrogen) atoms. The molecule has 1 aliphatic heterocycles. The molecule has 0 spiro atoms. The van der Waals surface area contributed by atoms with Crippen LogP contribution in [0.15, 0.2) is 12.4 Å². The van der Waals surface area contributed by atoms with Crippen LogP contribution in [0.1, 0.15) is 25.3 Å². The number of hydrogen-bond donors (Lipinski definition) is 1. The van der Waals surface area contributed by atoms with Gasteiger partial charge in [0.2, 0.25) is 0 Å². The Hall–Kier alpha value is -1.36. The van der Waals surface area contributed by atoms with Crippen molar-refractivity contribution in [3.8, 4) is 0 Å². The Kier molecular flexibility index (Phi) is 3.78. The predicted octanol–water partition coefficient (Wildman–Crippen LogP) is 1.20. The van der Waals surface area contributed by atoms with Crippen LogP contribution in [0, 0.1) is 5.92 Å². The van der Waals surface area contributed by atoms with Gasteiger partial charge in [-0.2, -0.15) is 5.10 Å². The van der Waals surface area contributed by atoms with Crippen LogP contribution in [0.4, 0.5) is 0 Å². The molecule has 1 fully saturated rings. The van der Waals surface area contributed by atoms with Gasteiger partial charge in [-0.25, -0.2) is 0 Å². The largest absolute Gasteiger partial charge is 0.481 e. The lowest BCUT2D eigenvalue weighted by Gasteiger charge is -2.30. The summed E-state index contributed by atoms with van der Waals surface area (Å²) >= 11 is 0. The van der Waals surface area contributed by atoms with Crippen molar-refractivity contribution in [3.05, 3.63) is 18.0 Å². The van der Waals surface area contributed by atoms with E-state index in [1.807, 2.05) is 17.1 Å². The molecular formula is C12H19N3O2. The number of aliphatic carboxylic acids is 1. The van der Waals surface area contributed by atoms with E-state index in [-0.39, 0.29) is 5.92 Å². The molecule has 0 radical (unpaired) electrons. The maximum absolute atomic E-state index is 11.0. The number of carboxylic acid groups (broad SMARTS) is 1. The lowest BCUT2D eigenvalue weighted by molar-refractivity contribution is -0.143. The van der Waals surface area contributed by atoms with Crippen LogP contribution in [0.3, 0.4) is 0 Å². The second-order valence-electron chi connectivity index (χ2n) is 4.62. The Bertz CT molecular complexity index is 389. The van der Waals surface area contributed by atoms with Crippen LogP contribution < -0.4 is 0 Å². The molecule has 1 saturated heterocycles. The van der Waals surface area contributed by atoms with Crippen LogP contribution in [0.2, 0.25) is 0 Å².